The monoisotopic (exact) mass is 333 g/mol. The molecule has 1 aliphatic rings. The number of oxime groups is 1. The summed E-state index contributed by atoms with van der Waals surface area (Å²) in [6.07, 6.45) is -5.61. The molecule has 12 heteroatoms. The van der Waals surface area contributed by atoms with Crippen LogP contribution in [0.2, 0.25) is 0 Å². The number of hydrogen-bond donors (Lipinski definition) is 5. The Morgan fingerprint density at radius 1 is 1.30 bits per heavy atom. The van der Waals surface area contributed by atoms with Crippen molar-refractivity contribution < 1.29 is 42.4 Å². The van der Waals surface area contributed by atoms with Crippen LogP contribution in [0, 0.1) is 0 Å². The highest BCUT2D eigenvalue weighted by Gasteiger charge is 2.43. The molecule has 0 bridgehead atoms. The third kappa shape index (κ3) is 4.82. The lowest BCUT2D eigenvalue weighted by Gasteiger charge is -2.39. The molecule has 1 saturated heterocycles. The lowest BCUT2D eigenvalue weighted by atomic mass is 10.0. The highest BCUT2D eigenvalue weighted by molar-refractivity contribution is 8.14. The first kappa shape index (κ1) is 17.6. The normalized spacial score (nSPS) is 35.9. The molecule has 0 aromatic heterocycles. The average Bonchev–Trinajstić information content (AvgIpc) is 2.36. The zero-order chi connectivity index (χ0) is 15.5. The molecule has 1 fully saturated rings. The van der Waals surface area contributed by atoms with Gasteiger partial charge < -0.3 is 25.2 Å². The van der Waals surface area contributed by atoms with Crippen LogP contribution in [0.5, 0.6) is 0 Å². The second-order valence-electron chi connectivity index (χ2n) is 3.93. The van der Waals surface area contributed by atoms with Gasteiger partial charge in [-0.1, -0.05) is 16.9 Å². The second-order valence-corrected chi connectivity index (χ2v) is 6.22. The first-order valence-electron chi connectivity index (χ1n) is 5.33. The molecule has 10 nitrogen and oxygen atoms in total. The van der Waals surface area contributed by atoms with E-state index in [1.165, 1.54) is 6.92 Å². The topological polar surface area (TPSA) is 166 Å². The van der Waals surface area contributed by atoms with Crippen LogP contribution in [-0.4, -0.2) is 74.9 Å². The molecule has 0 amide bonds. The number of hydrogen-bond acceptors (Lipinski definition) is 10. The van der Waals surface area contributed by atoms with Crippen LogP contribution >= 0.6 is 11.8 Å². The van der Waals surface area contributed by atoms with E-state index in [2.05, 4.69) is 9.44 Å². The molecule has 1 aliphatic heterocycles. The van der Waals surface area contributed by atoms with Crippen molar-refractivity contribution in [1.29, 1.82) is 0 Å². The lowest BCUT2D eigenvalue weighted by Crippen LogP contribution is -2.57. The van der Waals surface area contributed by atoms with Crippen molar-refractivity contribution in [2.24, 2.45) is 5.16 Å². The highest BCUT2D eigenvalue weighted by atomic mass is 32.3. The van der Waals surface area contributed by atoms with Crippen molar-refractivity contribution >= 4 is 27.2 Å². The van der Waals surface area contributed by atoms with Crippen LogP contribution in [0.1, 0.15) is 6.92 Å². The quantitative estimate of drug-likeness (QED) is 0.163. The van der Waals surface area contributed by atoms with E-state index in [1.807, 2.05) is 0 Å². The summed E-state index contributed by atoms with van der Waals surface area (Å²) in [4.78, 5) is 0. The minimum Gasteiger partial charge on any atom is -0.394 e. The van der Waals surface area contributed by atoms with E-state index in [0.29, 0.717) is 11.8 Å². The van der Waals surface area contributed by atoms with Gasteiger partial charge in [0, 0.05) is 0 Å². The smallest absolute Gasteiger partial charge is 0.394 e. The second kappa shape index (κ2) is 7.00. The van der Waals surface area contributed by atoms with Gasteiger partial charge >= 0.3 is 10.4 Å². The summed E-state index contributed by atoms with van der Waals surface area (Å²) < 4.78 is 37.9. The fourth-order valence-electron chi connectivity index (χ4n) is 1.45. The van der Waals surface area contributed by atoms with Crippen molar-refractivity contribution in [2.75, 3.05) is 6.61 Å². The zero-order valence-electron chi connectivity index (χ0n) is 10.2. The van der Waals surface area contributed by atoms with Crippen LogP contribution in [0.4, 0.5) is 0 Å². The van der Waals surface area contributed by atoms with Crippen LogP contribution in [0.15, 0.2) is 5.16 Å². The minimum absolute atomic E-state index is 0.0352. The molecule has 0 radical (unpaired) electrons. The Balaban J connectivity index is 2.71. The van der Waals surface area contributed by atoms with Gasteiger partial charge in [-0.05, 0) is 6.92 Å². The number of nitrogens with zero attached hydrogens (tertiary/aromatic N) is 1. The Bertz CT molecular complexity index is 451. The molecule has 1 rings (SSSR count). The third-order valence-electron chi connectivity index (χ3n) is 2.40. The first-order chi connectivity index (χ1) is 9.15. The van der Waals surface area contributed by atoms with Crippen LogP contribution in [0.3, 0.4) is 0 Å². The van der Waals surface area contributed by atoms with E-state index < -0.39 is 46.9 Å². The molecule has 0 aromatic carbocycles. The van der Waals surface area contributed by atoms with E-state index >= 15 is 0 Å². The van der Waals surface area contributed by atoms with Gasteiger partial charge in [0.05, 0.1) is 6.61 Å². The summed E-state index contributed by atoms with van der Waals surface area (Å²) in [5.41, 5.74) is -1.11. The maximum atomic E-state index is 10.3. The Morgan fingerprint density at radius 2 is 1.90 bits per heavy atom. The number of rotatable bonds is 4. The maximum absolute atomic E-state index is 10.3. The molecular formula is C8H15NO9S2. The SMILES string of the molecule is C/C(=N\OS(=O)(=O)O)S[C@H]1O[C@@H](CO)[C@@H](O)[C@@H](O)[C@H]1O. The predicted molar refractivity (Wildman–Crippen MR) is 67.1 cm³/mol. The minimum atomic E-state index is -4.74. The fourth-order valence-corrected chi connectivity index (χ4v) is 2.62. The van der Waals surface area contributed by atoms with Crippen molar-refractivity contribution in [3.05, 3.63) is 0 Å². The molecule has 0 saturated carbocycles. The van der Waals surface area contributed by atoms with Gasteiger partial charge in [0.15, 0.2) is 0 Å². The van der Waals surface area contributed by atoms with Gasteiger partial charge in [0.2, 0.25) is 0 Å². The summed E-state index contributed by atoms with van der Waals surface area (Å²) >= 11 is 0.689. The van der Waals surface area contributed by atoms with Crippen LogP contribution in [-0.2, 0) is 19.4 Å². The molecule has 0 aliphatic carbocycles. The summed E-state index contributed by atoms with van der Waals surface area (Å²) in [5.74, 6) is 0. The Kier molecular flexibility index (Phi) is 6.15. The predicted octanol–water partition coefficient (Wildman–Crippen LogP) is -2.33. The maximum Gasteiger partial charge on any atom is 0.466 e. The molecule has 5 N–H and O–H groups in total. The Hall–Kier alpha value is -0.470. The molecule has 5 atom stereocenters. The Labute approximate surface area is 119 Å². The van der Waals surface area contributed by atoms with Gasteiger partial charge in [-0.15, -0.1) is 0 Å². The van der Waals surface area contributed by atoms with E-state index in [4.69, 9.17) is 14.4 Å². The van der Waals surface area contributed by atoms with Crippen LogP contribution < -0.4 is 0 Å². The summed E-state index contributed by atoms with van der Waals surface area (Å²) in [6.45, 7) is 0.719. The van der Waals surface area contributed by atoms with Crippen molar-refractivity contribution in [3.8, 4) is 0 Å². The molecular weight excluding hydrogens is 318 g/mol. The van der Waals surface area contributed by atoms with E-state index in [9.17, 15) is 23.7 Å². The van der Waals surface area contributed by atoms with E-state index in [0.717, 1.165) is 0 Å². The van der Waals surface area contributed by atoms with Crippen molar-refractivity contribution in [3.63, 3.8) is 0 Å². The lowest BCUT2D eigenvalue weighted by molar-refractivity contribution is -0.205. The number of aliphatic hydroxyl groups is 4. The van der Waals surface area contributed by atoms with Gasteiger partial charge in [-0.2, -0.15) is 8.42 Å². The summed E-state index contributed by atoms with van der Waals surface area (Å²) in [7, 11) is -4.74. The van der Waals surface area contributed by atoms with Gasteiger partial charge in [0.25, 0.3) is 0 Å². The molecule has 0 aromatic rings. The van der Waals surface area contributed by atoms with Gasteiger partial charge in [-0.3, -0.25) is 4.55 Å². The molecule has 118 valence electrons. The van der Waals surface area contributed by atoms with E-state index in [-0.39, 0.29) is 5.04 Å². The molecule has 0 spiro atoms. The summed E-state index contributed by atoms with van der Waals surface area (Å²) in [5, 5.41) is 40.8. The number of thioether (sulfide) groups is 1. The Morgan fingerprint density at radius 3 is 2.40 bits per heavy atom. The van der Waals surface area contributed by atoms with Crippen molar-refractivity contribution in [1.82, 2.24) is 0 Å². The largest absolute Gasteiger partial charge is 0.466 e. The van der Waals surface area contributed by atoms with Crippen LogP contribution in [0.25, 0.3) is 0 Å². The standard InChI is InChI=1S/C8H15NO9S2/c1-3(9-18-20(14,15)16)19-8-7(13)6(12)5(11)4(2-10)17-8/h4-8,10-13H,2H2,1H3,(H,14,15,16)/b9-3+/t4-,5+,6+,7+,8+/m0/s1. The molecule has 0 unspecified atom stereocenters. The number of ether oxygens (including phenoxy) is 1. The third-order valence-corrected chi connectivity index (χ3v) is 3.70. The highest BCUT2D eigenvalue weighted by Crippen LogP contribution is 2.29. The summed E-state index contributed by atoms with van der Waals surface area (Å²) in [6, 6.07) is 0. The molecule has 20 heavy (non-hydrogen) atoms. The first-order valence-corrected chi connectivity index (χ1v) is 7.58. The average molecular weight is 333 g/mol. The molecule has 1 heterocycles. The van der Waals surface area contributed by atoms with Gasteiger partial charge in [0.1, 0.15) is 34.9 Å². The van der Waals surface area contributed by atoms with Crippen molar-refractivity contribution in [2.45, 2.75) is 36.8 Å². The van der Waals surface area contributed by atoms with E-state index in [1.54, 1.807) is 0 Å². The zero-order valence-corrected chi connectivity index (χ0v) is 11.9. The number of aliphatic hydroxyl groups excluding tert-OH is 4. The fraction of sp³-hybridized carbons (Fsp3) is 0.875. The van der Waals surface area contributed by atoms with Gasteiger partial charge in [-0.25, -0.2) is 4.28 Å².